The molecule has 0 spiro atoms. The molecule has 1 unspecified atom stereocenters. The first kappa shape index (κ1) is 11.3. The Labute approximate surface area is 92.5 Å². The van der Waals surface area contributed by atoms with Crippen molar-refractivity contribution >= 4 is 16.5 Å². The second-order valence-electron chi connectivity index (χ2n) is 5.03. The molecule has 0 aromatic rings. The molecule has 2 rings (SSSR count). The summed E-state index contributed by atoms with van der Waals surface area (Å²) in [7, 11) is 3.56. The predicted octanol–water partition coefficient (Wildman–Crippen LogP) is 4.92. The Morgan fingerprint density at radius 3 is 1.36 bits per heavy atom. The molecule has 0 aromatic heterocycles. The lowest BCUT2D eigenvalue weighted by Crippen LogP contribution is -2.17. The van der Waals surface area contributed by atoms with Gasteiger partial charge in [0.05, 0.1) is 0 Å². The van der Waals surface area contributed by atoms with Crippen molar-refractivity contribution in [2.45, 2.75) is 75.5 Å². The van der Waals surface area contributed by atoms with E-state index in [1.807, 2.05) is 0 Å². The van der Waals surface area contributed by atoms with E-state index in [1.54, 1.807) is 25.7 Å². The Hall–Kier alpha value is 0.860. The quantitative estimate of drug-likeness (QED) is 0.590. The molecule has 0 radical (unpaired) electrons. The van der Waals surface area contributed by atoms with Gasteiger partial charge in [0, 0.05) is 0 Å². The summed E-state index contributed by atoms with van der Waals surface area (Å²) >= 11 is 0. The molecule has 1 atom stereocenters. The Morgan fingerprint density at radius 1 is 0.643 bits per heavy atom. The molecule has 14 heavy (non-hydrogen) atoms. The van der Waals surface area contributed by atoms with Gasteiger partial charge in [-0.25, -0.2) is 0 Å². The maximum atomic E-state index is 3.26. The average molecular weight is 230 g/mol. The van der Waals surface area contributed by atoms with Crippen molar-refractivity contribution < 1.29 is 0 Å². The van der Waals surface area contributed by atoms with Crippen LogP contribution >= 0.6 is 16.5 Å². The van der Waals surface area contributed by atoms with Crippen molar-refractivity contribution in [2.75, 3.05) is 0 Å². The minimum absolute atomic E-state index is 0.300. The fourth-order valence-corrected chi connectivity index (χ4v) is 7.36. The van der Waals surface area contributed by atoms with E-state index in [0.717, 1.165) is 11.3 Å². The first-order valence-electron chi connectivity index (χ1n) is 6.41. The molecular weight excluding hydrogens is 206 g/mol. The third kappa shape index (κ3) is 2.93. The molecule has 2 aliphatic carbocycles. The summed E-state index contributed by atoms with van der Waals surface area (Å²) in [6.45, 7) is 0. The first-order chi connectivity index (χ1) is 6.88. The van der Waals surface area contributed by atoms with Crippen LogP contribution < -0.4 is 0 Å². The van der Waals surface area contributed by atoms with Gasteiger partial charge in [0.1, 0.15) is 0 Å². The monoisotopic (exact) mass is 230 g/mol. The topological polar surface area (TPSA) is 0 Å². The fraction of sp³-hybridized carbons (Fsp3) is 1.00. The van der Waals surface area contributed by atoms with Gasteiger partial charge in [0.15, 0.2) is 0 Å². The van der Waals surface area contributed by atoms with E-state index in [9.17, 15) is 0 Å². The third-order valence-corrected chi connectivity index (χ3v) is 9.24. The van der Waals surface area contributed by atoms with Gasteiger partial charge in [0.25, 0.3) is 0 Å². The molecule has 0 nitrogen and oxygen atoms in total. The van der Waals surface area contributed by atoms with Gasteiger partial charge >= 0.3 is 0 Å². The van der Waals surface area contributed by atoms with E-state index < -0.39 is 0 Å². The summed E-state index contributed by atoms with van der Waals surface area (Å²) in [6, 6.07) is 0. The summed E-state index contributed by atoms with van der Waals surface area (Å²) in [5.41, 5.74) is 2.23. The van der Waals surface area contributed by atoms with Crippen LogP contribution in [0.25, 0.3) is 0 Å². The van der Waals surface area contributed by atoms with E-state index in [2.05, 4.69) is 8.93 Å². The van der Waals surface area contributed by atoms with Gasteiger partial charge < -0.3 is 0 Å². The molecule has 82 valence electrons. The van der Waals surface area contributed by atoms with Crippen molar-refractivity contribution in [1.29, 1.82) is 0 Å². The minimum Gasteiger partial charge on any atom is -0.111 e. The van der Waals surface area contributed by atoms with Crippen molar-refractivity contribution in [3.8, 4) is 0 Å². The molecule has 0 aromatic carbocycles. The largest absolute Gasteiger partial charge is 0.111 e. The molecule has 2 aliphatic rings. The van der Waals surface area contributed by atoms with Gasteiger partial charge in [0.2, 0.25) is 0 Å². The van der Waals surface area contributed by atoms with Crippen LogP contribution in [-0.2, 0) is 0 Å². The van der Waals surface area contributed by atoms with Crippen LogP contribution in [0.1, 0.15) is 64.2 Å². The highest BCUT2D eigenvalue weighted by atomic mass is 32.0. The Morgan fingerprint density at radius 2 is 1.00 bits per heavy atom. The second kappa shape index (κ2) is 5.81. The van der Waals surface area contributed by atoms with Crippen LogP contribution in [0.4, 0.5) is 0 Å². The molecule has 0 bridgehead atoms. The molecule has 0 amide bonds. The summed E-state index contributed by atoms with van der Waals surface area (Å²) in [4.78, 5) is 0. The van der Waals surface area contributed by atoms with Crippen LogP contribution in [0.3, 0.4) is 0 Å². The molecule has 0 heterocycles. The maximum absolute atomic E-state index is 3.26. The van der Waals surface area contributed by atoms with Crippen LogP contribution in [0.15, 0.2) is 0 Å². The van der Waals surface area contributed by atoms with Gasteiger partial charge in [-0.15, -0.1) is 8.93 Å². The lowest BCUT2D eigenvalue weighted by Gasteiger charge is -2.35. The zero-order valence-corrected chi connectivity index (χ0v) is 11.3. The highest BCUT2D eigenvalue weighted by Crippen LogP contribution is 2.61. The predicted molar refractivity (Wildman–Crippen MR) is 70.4 cm³/mol. The zero-order valence-electron chi connectivity index (χ0n) is 9.25. The SMILES string of the molecule is PP(C1CCCCC1)C1CCCCC1. The molecule has 0 N–H and O–H groups in total. The highest BCUT2D eigenvalue weighted by molar-refractivity contribution is 8.14. The zero-order chi connectivity index (χ0) is 9.80. The second-order valence-corrected chi connectivity index (χ2v) is 9.17. The highest BCUT2D eigenvalue weighted by Gasteiger charge is 2.27. The van der Waals surface area contributed by atoms with Crippen LogP contribution in [0.2, 0.25) is 0 Å². The Balaban J connectivity index is 1.82. The first-order valence-corrected chi connectivity index (χ1v) is 9.51. The summed E-state index contributed by atoms with van der Waals surface area (Å²) in [6.07, 6.45) is 15.3. The van der Waals surface area contributed by atoms with Crippen molar-refractivity contribution in [2.24, 2.45) is 0 Å². The molecule has 0 aliphatic heterocycles. The molecular formula is C12H24P2. The smallest absolute Gasteiger partial charge is 0.0173 e. The third-order valence-electron chi connectivity index (χ3n) is 3.99. The van der Waals surface area contributed by atoms with Crippen molar-refractivity contribution in [3.63, 3.8) is 0 Å². The lowest BCUT2D eigenvalue weighted by atomic mass is 10.00. The van der Waals surface area contributed by atoms with Crippen LogP contribution in [-0.4, -0.2) is 11.3 Å². The van der Waals surface area contributed by atoms with E-state index in [-0.39, 0.29) is 0 Å². The average Bonchev–Trinajstić information content (AvgIpc) is 2.30. The standard InChI is InChI=1S/C12H24P2/c13-14(11-7-3-1-4-8-11)12-9-5-2-6-10-12/h11-12H,1-10,13H2. The fourth-order valence-electron chi connectivity index (χ4n) is 3.06. The maximum Gasteiger partial charge on any atom is -0.0173 e. The number of rotatable bonds is 2. The lowest BCUT2D eigenvalue weighted by molar-refractivity contribution is 0.488. The Kier molecular flexibility index (Phi) is 4.71. The number of hydrogen-bond donors (Lipinski definition) is 0. The molecule has 2 saturated carbocycles. The van der Waals surface area contributed by atoms with E-state index in [0.29, 0.717) is 7.61 Å². The summed E-state index contributed by atoms with van der Waals surface area (Å²) in [5.74, 6) is 0. The van der Waals surface area contributed by atoms with Gasteiger partial charge in [-0.2, -0.15) is 0 Å². The van der Waals surface area contributed by atoms with Crippen molar-refractivity contribution in [1.82, 2.24) is 0 Å². The molecule has 2 heteroatoms. The van der Waals surface area contributed by atoms with Gasteiger partial charge in [-0.3, -0.25) is 0 Å². The summed E-state index contributed by atoms with van der Waals surface area (Å²) < 4.78 is 0. The van der Waals surface area contributed by atoms with Gasteiger partial charge in [-0.05, 0) is 37.0 Å². The van der Waals surface area contributed by atoms with Gasteiger partial charge in [-0.1, -0.05) is 46.1 Å². The van der Waals surface area contributed by atoms with Crippen LogP contribution in [0.5, 0.6) is 0 Å². The van der Waals surface area contributed by atoms with E-state index >= 15 is 0 Å². The van der Waals surface area contributed by atoms with Crippen molar-refractivity contribution in [3.05, 3.63) is 0 Å². The Bertz CT molecular complexity index is 140. The molecule has 2 fully saturated rings. The van der Waals surface area contributed by atoms with E-state index in [4.69, 9.17) is 0 Å². The number of hydrogen-bond acceptors (Lipinski definition) is 0. The van der Waals surface area contributed by atoms with Crippen LogP contribution in [0, 0.1) is 0 Å². The molecule has 0 saturated heterocycles. The minimum atomic E-state index is 0.300. The summed E-state index contributed by atoms with van der Waals surface area (Å²) in [5, 5.41) is 0. The van der Waals surface area contributed by atoms with E-state index in [1.165, 1.54) is 38.5 Å². The normalized spacial score (nSPS) is 27.0.